The minimum absolute atomic E-state index is 0.0743. The SMILES string of the molecule is COC(=O)C(C)(C)C/C=C\CC(C=O)O[Si](C)(C)C(C)(C)C. The van der Waals surface area contributed by atoms with Crippen molar-refractivity contribution in [3.05, 3.63) is 12.2 Å². The number of rotatable bonds is 8. The molecular formula is C17H32O4Si. The molecule has 22 heavy (non-hydrogen) atoms. The Balaban J connectivity index is 4.58. The lowest BCUT2D eigenvalue weighted by atomic mass is 9.89. The van der Waals surface area contributed by atoms with Gasteiger partial charge in [-0.2, -0.15) is 0 Å². The minimum Gasteiger partial charge on any atom is -0.469 e. The average Bonchev–Trinajstić information content (AvgIpc) is 2.39. The quantitative estimate of drug-likeness (QED) is 0.291. The van der Waals surface area contributed by atoms with Crippen LogP contribution in [0.2, 0.25) is 18.1 Å². The van der Waals surface area contributed by atoms with Crippen molar-refractivity contribution in [1.82, 2.24) is 0 Å². The third kappa shape index (κ3) is 6.44. The molecule has 0 bridgehead atoms. The van der Waals surface area contributed by atoms with Crippen LogP contribution in [0.5, 0.6) is 0 Å². The first-order chi connectivity index (χ1) is 9.87. The highest BCUT2D eigenvalue weighted by Gasteiger charge is 2.38. The summed E-state index contributed by atoms with van der Waals surface area (Å²) in [5.74, 6) is -0.235. The number of allylic oxidation sites excluding steroid dienone is 1. The van der Waals surface area contributed by atoms with Crippen LogP contribution < -0.4 is 0 Å². The summed E-state index contributed by atoms with van der Waals surface area (Å²) < 4.78 is 10.8. The summed E-state index contributed by atoms with van der Waals surface area (Å²) in [6.07, 6.45) is 5.40. The normalized spacial score (nSPS) is 14.9. The Kier molecular flexibility index (Phi) is 7.72. The van der Waals surface area contributed by atoms with E-state index in [1.807, 2.05) is 26.0 Å². The highest BCUT2D eigenvalue weighted by atomic mass is 28.4. The fraction of sp³-hybridized carbons (Fsp3) is 0.765. The van der Waals surface area contributed by atoms with Gasteiger partial charge in [-0.3, -0.25) is 4.79 Å². The molecule has 5 heteroatoms. The number of esters is 1. The molecule has 0 aliphatic heterocycles. The standard InChI is InChI=1S/C17H32O4Si/c1-16(2,3)22(7,8)21-14(13-18)11-9-10-12-17(4,5)15(19)20-6/h9-10,13-14H,11-12H2,1-8H3/b10-9-. The van der Waals surface area contributed by atoms with E-state index >= 15 is 0 Å². The van der Waals surface area contributed by atoms with Crippen LogP contribution in [-0.4, -0.2) is 33.8 Å². The molecule has 4 nitrogen and oxygen atoms in total. The summed E-state index contributed by atoms with van der Waals surface area (Å²) in [6.45, 7) is 14.4. The van der Waals surface area contributed by atoms with Crippen LogP contribution in [0, 0.1) is 5.41 Å². The van der Waals surface area contributed by atoms with Crippen LogP contribution in [0.25, 0.3) is 0 Å². The topological polar surface area (TPSA) is 52.6 Å². The summed E-state index contributed by atoms with van der Waals surface area (Å²) >= 11 is 0. The minimum atomic E-state index is -1.95. The van der Waals surface area contributed by atoms with Crippen LogP contribution in [0.3, 0.4) is 0 Å². The van der Waals surface area contributed by atoms with Gasteiger partial charge in [0.1, 0.15) is 12.4 Å². The van der Waals surface area contributed by atoms with E-state index in [0.29, 0.717) is 12.8 Å². The van der Waals surface area contributed by atoms with Gasteiger partial charge in [0.05, 0.1) is 12.5 Å². The molecule has 0 heterocycles. The maximum absolute atomic E-state index is 11.6. The van der Waals surface area contributed by atoms with Gasteiger partial charge in [0.25, 0.3) is 0 Å². The lowest BCUT2D eigenvalue weighted by molar-refractivity contribution is -0.150. The molecule has 128 valence electrons. The summed E-state index contributed by atoms with van der Waals surface area (Å²) in [5.41, 5.74) is -0.553. The molecule has 1 atom stereocenters. The summed E-state index contributed by atoms with van der Waals surface area (Å²) in [6, 6.07) is 0. The Bertz CT molecular complexity index is 405. The van der Waals surface area contributed by atoms with Crippen molar-refractivity contribution in [3.63, 3.8) is 0 Å². The fourth-order valence-corrected chi connectivity index (χ4v) is 2.92. The third-order valence-electron chi connectivity index (χ3n) is 4.31. The van der Waals surface area contributed by atoms with Gasteiger partial charge in [0.15, 0.2) is 8.32 Å². The molecule has 0 aromatic heterocycles. The Labute approximate surface area is 136 Å². The van der Waals surface area contributed by atoms with Crippen LogP contribution in [0.1, 0.15) is 47.5 Å². The number of aldehydes is 1. The predicted octanol–water partition coefficient (Wildman–Crippen LogP) is 4.11. The van der Waals surface area contributed by atoms with Crippen LogP contribution >= 0.6 is 0 Å². The van der Waals surface area contributed by atoms with E-state index in [-0.39, 0.29) is 11.0 Å². The van der Waals surface area contributed by atoms with Gasteiger partial charge in [0, 0.05) is 0 Å². The Morgan fingerprint density at radius 1 is 1.14 bits per heavy atom. The number of hydrogen-bond donors (Lipinski definition) is 0. The van der Waals surface area contributed by atoms with Crippen molar-refractivity contribution in [2.45, 2.75) is 71.7 Å². The van der Waals surface area contributed by atoms with E-state index in [9.17, 15) is 9.59 Å². The summed E-state index contributed by atoms with van der Waals surface area (Å²) in [4.78, 5) is 22.8. The lowest BCUT2D eigenvalue weighted by Gasteiger charge is -2.37. The predicted molar refractivity (Wildman–Crippen MR) is 92.3 cm³/mol. The van der Waals surface area contributed by atoms with Gasteiger partial charge in [-0.25, -0.2) is 0 Å². The van der Waals surface area contributed by atoms with E-state index in [2.05, 4.69) is 33.9 Å². The highest BCUT2D eigenvalue weighted by molar-refractivity contribution is 6.74. The van der Waals surface area contributed by atoms with Crippen LogP contribution in [0.15, 0.2) is 12.2 Å². The lowest BCUT2D eigenvalue weighted by Crippen LogP contribution is -2.44. The first-order valence-electron chi connectivity index (χ1n) is 7.74. The number of hydrogen-bond acceptors (Lipinski definition) is 4. The number of carbonyl (C=O) groups is 2. The number of carbonyl (C=O) groups excluding carboxylic acids is 2. The second-order valence-corrected chi connectivity index (χ2v) is 12.6. The highest BCUT2D eigenvalue weighted by Crippen LogP contribution is 2.37. The molecule has 0 aliphatic carbocycles. The summed E-state index contributed by atoms with van der Waals surface area (Å²) in [7, 11) is -0.557. The Hall–Kier alpha value is -0.943. The second-order valence-electron chi connectivity index (χ2n) is 7.84. The van der Waals surface area contributed by atoms with Crippen LogP contribution in [-0.2, 0) is 18.8 Å². The average molecular weight is 329 g/mol. The maximum Gasteiger partial charge on any atom is 0.311 e. The maximum atomic E-state index is 11.6. The van der Waals surface area contributed by atoms with Gasteiger partial charge in [-0.1, -0.05) is 32.9 Å². The van der Waals surface area contributed by atoms with Gasteiger partial charge < -0.3 is 14.0 Å². The zero-order valence-corrected chi connectivity index (χ0v) is 16.4. The van der Waals surface area contributed by atoms with Crippen molar-refractivity contribution >= 4 is 20.6 Å². The van der Waals surface area contributed by atoms with E-state index < -0.39 is 19.8 Å². The van der Waals surface area contributed by atoms with E-state index in [0.717, 1.165) is 6.29 Å². The van der Waals surface area contributed by atoms with E-state index in [4.69, 9.17) is 9.16 Å². The van der Waals surface area contributed by atoms with Crippen molar-refractivity contribution in [2.75, 3.05) is 7.11 Å². The molecule has 1 unspecified atom stereocenters. The van der Waals surface area contributed by atoms with Gasteiger partial charge in [0.2, 0.25) is 0 Å². The van der Waals surface area contributed by atoms with E-state index in [1.165, 1.54) is 7.11 Å². The molecular weight excluding hydrogens is 296 g/mol. The van der Waals surface area contributed by atoms with Crippen molar-refractivity contribution in [2.24, 2.45) is 5.41 Å². The monoisotopic (exact) mass is 328 g/mol. The molecule has 0 aromatic rings. The van der Waals surface area contributed by atoms with Gasteiger partial charge >= 0.3 is 5.97 Å². The number of ether oxygens (including phenoxy) is 1. The molecule has 0 saturated carbocycles. The zero-order chi connectivity index (χ0) is 17.6. The first-order valence-corrected chi connectivity index (χ1v) is 10.6. The van der Waals surface area contributed by atoms with Crippen LogP contribution in [0.4, 0.5) is 0 Å². The molecule has 0 aliphatic rings. The van der Waals surface area contributed by atoms with Crippen molar-refractivity contribution < 1.29 is 18.8 Å². The molecule has 0 aromatic carbocycles. The van der Waals surface area contributed by atoms with Gasteiger partial charge in [-0.15, -0.1) is 0 Å². The Morgan fingerprint density at radius 3 is 2.09 bits per heavy atom. The summed E-state index contributed by atoms with van der Waals surface area (Å²) in [5, 5.41) is 0.0743. The van der Waals surface area contributed by atoms with Crippen molar-refractivity contribution in [1.29, 1.82) is 0 Å². The Morgan fingerprint density at radius 2 is 1.68 bits per heavy atom. The zero-order valence-electron chi connectivity index (χ0n) is 15.4. The third-order valence-corrected chi connectivity index (χ3v) is 8.81. The van der Waals surface area contributed by atoms with E-state index in [1.54, 1.807) is 0 Å². The first kappa shape index (κ1) is 21.1. The smallest absolute Gasteiger partial charge is 0.311 e. The molecule has 0 rings (SSSR count). The number of methoxy groups -OCH3 is 1. The molecule has 0 N–H and O–H groups in total. The van der Waals surface area contributed by atoms with Gasteiger partial charge in [-0.05, 0) is 44.8 Å². The molecule has 0 spiro atoms. The van der Waals surface area contributed by atoms with Crippen molar-refractivity contribution in [3.8, 4) is 0 Å². The fourth-order valence-electron chi connectivity index (χ4n) is 1.65. The molecule has 0 saturated heterocycles. The second kappa shape index (κ2) is 8.06. The largest absolute Gasteiger partial charge is 0.469 e. The molecule has 0 radical (unpaired) electrons. The molecule has 0 amide bonds. The molecule has 0 fully saturated rings.